The minimum Gasteiger partial charge on any atom is -0.467 e. The van der Waals surface area contributed by atoms with Gasteiger partial charge in [-0.1, -0.05) is 20.4 Å². The molecule has 6 nitrogen and oxygen atoms in total. The molecule has 1 fully saturated rings. The Balaban J connectivity index is 0.00000172. The third-order valence-corrected chi connectivity index (χ3v) is 2.66. The molecule has 6 heteroatoms. The predicted octanol–water partition coefficient (Wildman–Crippen LogP) is 0.779. The number of nitrogens with one attached hydrogen (secondary N) is 1. The van der Waals surface area contributed by atoms with Gasteiger partial charge in [-0.05, 0) is 6.92 Å². The molecular formula is C14H23N3O3. The summed E-state index contributed by atoms with van der Waals surface area (Å²) in [5, 5.41) is 3.08. The van der Waals surface area contributed by atoms with Gasteiger partial charge in [0.05, 0.1) is 12.8 Å². The maximum atomic E-state index is 11.7. The molecule has 0 radical (unpaired) electrons. The van der Waals surface area contributed by atoms with E-state index < -0.39 is 12.0 Å². The van der Waals surface area contributed by atoms with Crippen molar-refractivity contribution in [1.82, 2.24) is 10.2 Å². The number of carbonyl (C=O) groups is 1. The van der Waals surface area contributed by atoms with Crippen LogP contribution in [-0.2, 0) is 14.3 Å². The molecule has 112 valence electrons. The summed E-state index contributed by atoms with van der Waals surface area (Å²) in [6.45, 7) is 11.0. The molecule has 0 aliphatic carbocycles. The molecule has 0 spiro atoms. The van der Waals surface area contributed by atoms with Gasteiger partial charge in [0.2, 0.25) is 0 Å². The second-order valence-electron chi connectivity index (χ2n) is 3.72. The van der Waals surface area contributed by atoms with E-state index in [2.05, 4.69) is 16.9 Å². The Kier molecular flexibility index (Phi) is 9.00. The summed E-state index contributed by atoms with van der Waals surface area (Å²) in [5.74, 6) is 1.41. The van der Waals surface area contributed by atoms with Crippen LogP contribution in [0.1, 0.15) is 20.8 Å². The van der Waals surface area contributed by atoms with Crippen LogP contribution in [0, 0.1) is 0 Å². The second kappa shape index (κ2) is 9.95. The molecule has 0 bridgehead atoms. The first-order valence-electron chi connectivity index (χ1n) is 6.64. The zero-order valence-electron chi connectivity index (χ0n) is 12.6. The summed E-state index contributed by atoms with van der Waals surface area (Å²) in [6.07, 6.45) is 1.54. The van der Waals surface area contributed by atoms with Crippen molar-refractivity contribution in [3.05, 3.63) is 18.0 Å². The monoisotopic (exact) mass is 281 g/mol. The smallest absolute Gasteiger partial charge is 0.329 e. The Morgan fingerprint density at radius 1 is 1.55 bits per heavy atom. The molecule has 1 N–H and O–H groups in total. The van der Waals surface area contributed by atoms with Crippen molar-refractivity contribution < 1.29 is 14.3 Å². The number of hydrogen-bond acceptors (Lipinski definition) is 6. The molecule has 0 aromatic heterocycles. The molecule has 0 amide bonds. The Morgan fingerprint density at radius 3 is 2.70 bits per heavy atom. The summed E-state index contributed by atoms with van der Waals surface area (Å²) in [7, 11) is 1.32. The van der Waals surface area contributed by atoms with E-state index in [4.69, 9.17) is 4.74 Å². The van der Waals surface area contributed by atoms with E-state index in [-0.39, 0.29) is 5.70 Å². The summed E-state index contributed by atoms with van der Waals surface area (Å²) in [6, 6.07) is -0.552. The summed E-state index contributed by atoms with van der Waals surface area (Å²) >= 11 is 0. The summed E-state index contributed by atoms with van der Waals surface area (Å²) < 4.78 is 4.72. The normalized spacial score (nSPS) is 17.8. The van der Waals surface area contributed by atoms with Gasteiger partial charge in [0.1, 0.15) is 11.7 Å². The predicted molar refractivity (Wildman–Crippen MR) is 79.2 cm³/mol. The Bertz CT molecular complexity index is 412. The molecule has 1 rings (SSSR count). The highest BCUT2D eigenvalue weighted by atomic mass is 16.5. The van der Waals surface area contributed by atoms with Gasteiger partial charge in [-0.25, -0.2) is 9.59 Å². The van der Waals surface area contributed by atoms with E-state index in [0.29, 0.717) is 25.3 Å². The number of esters is 1. The van der Waals surface area contributed by atoms with Crippen molar-refractivity contribution >= 4 is 18.1 Å². The fourth-order valence-electron chi connectivity index (χ4n) is 1.82. The average Bonchev–Trinajstić information content (AvgIpc) is 2.50. The number of rotatable bonds is 4. The molecule has 1 saturated heterocycles. The van der Waals surface area contributed by atoms with E-state index in [1.807, 2.05) is 19.8 Å². The van der Waals surface area contributed by atoms with Crippen LogP contribution < -0.4 is 5.32 Å². The lowest BCUT2D eigenvalue weighted by Gasteiger charge is -2.35. The van der Waals surface area contributed by atoms with E-state index in [9.17, 15) is 9.59 Å². The number of carbonyl (C=O) groups excluding carboxylic acids is 2. The molecule has 1 aliphatic heterocycles. The molecule has 1 aliphatic rings. The van der Waals surface area contributed by atoms with Gasteiger partial charge in [0, 0.05) is 25.8 Å². The van der Waals surface area contributed by atoms with Crippen LogP contribution in [0.5, 0.6) is 0 Å². The van der Waals surface area contributed by atoms with E-state index >= 15 is 0 Å². The highest BCUT2D eigenvalue weighted by molar-refractivity contribution is 5.77. The molecule has 1 heterocycles. The molecular weight excluding hydrogens is 258 g/mol. The lowest BCUT2D eigenvalue weighted by Crippen LogP contribution is -2.54. The Morgan fingerprint density at radius 2 is 2.20 bits per heavy atom. The quantitative estimate of drug-likeness (QED) is 0.357. The van der Waals surface area contributed by atoms with Gasteiger partial charge in [0.15, 0.2) is 5.94 Å². The van der Waals surface area contributed by atoms with Gasteiger partial charge in [-0.2, -0.15) is 0 Å². The van der Waals surface area contributed by atoms with Crippen LogP contribution in [0.2, 0.25) is 0 Å². The molecule has 1 unspecified atom stereocenters. The van der Waals surface area contributed by atoms with Crippen LogP contribution in [-0.4, -0.2) is 55.8 Å². The molecule has 0 aromatic rings. The largest absolute Gasteiger partial charge is 0.467 e. The lowest BCUT2D eigenvalue weighted by molar-refractivity contribution is -0.146. The number of hydrogen-bond donors (Lipinski definition) is 1. The zero-order valence-corrected chi connectivity index (χ0v) is 12.6. The van der Waals surface area contributed by atoms with Crippen molar-refractivity contribution in [2.75, 3.05) is 26.7 Å². The van der Waals surface area contributed by atoms with Gasteiger partial charge < -0.3 is 15.0 Å². The fourth-order valence-corrected chi connectivity index (χ4v) is 1.82. The third-order valence-electron chi connectivity index (χ3n) is 2.66. The van der Waals surface area contributed by atoms with Crippen molar-refractivity contribution in [3.8, 4) is 0 Å². The highest BCUT2D eigenvalue weighted by Gasteiger charge is 2.32. The number of aliphatic imine (C=N–C) groups is 1. The second-order valence-corrected chi connectivity index (χ2v) is 3.72. The third kappa shape index (κ3) is 4.64. The Hall–Kier alpha value is -1.91. The average molecular weight is 281 g/mol. The van der Waals surface area contributed by atoms with Crippen molar-refractivity contribution in [2.45, 2.75) is 26.8 Å². The molecule has 0 saturated carbocycles. The minimum atomic E-state index is -0.552. The first-order chi connectivity index (χ1) is 9.65. The number of ether oxygens (including phenoxy) is 1. The molecule has 0 aromatic carbocycles. The molecule has 1 atom stereocenters. The van der Waals surface area contributed by atoms with Crippen molar-refractivity contribution in [1.29, 1.82) is 0 Å². The van der Waals surface area contributed by atoms with E-state index in [1.165, 1.54) is 13.3 Å². The number of piperazine rings is 1. The van der Waals surface area contributed by atoms with Crippen LogP contribution in [0.3, 0.4) is 0 Å². The minimum absolute atomic E-state index is 0.199. The lowest BCUT2D eigenvalue weighted by atomic mass is 10.1. The summed E-state index contributed by atoms with van der Waals surface area (Å²) in [4.78, 5) is 28.3. The zero-order chi connectivity index (χ0) is 15.5. The van der Waals surface area contributed by atoms with Crippen LogP contribution >= 0.6 is 0 Å². The van der Waals surface area contributed by atoms with Crippen LogP contribution in [0.15, 0.2) is 23.0 Å². The first kappa shape index (κ1) is 18.1. The van der Waals surface area contributed by atoms with Gasteiger partial charge in [-0.15, -0.1) is 0 Å². The van der Waals surface area contributed by atoms with Crippen LogP contribution in [0.25, 0.3) is 0 Å². The standard InChI is InChI=1S/C12H17N3O3.C2H6/c1-4-14-9(2)11(8-16)15-6-5-13-7-10(15)12(17)18-3;1-2/h4,10,13H,2,5-7H2,1,3H3;1-2H3. The maximum Gasteiger partial charge on any atom is 0.329 e. The fraction of sp³-hybridized carbons (Fsp3) is 0.571. The highest BCUT2D eigenvalue weighted by Crippen LogP contribution is 2.17. The Labute approximate surface area is 120 Å². The van der Waals surface area contributed by atoms with Crippen molar-refractivity contribution in [2.24, 2.45) is 4.99 Å². The van der Waals surface area contributed by atoms with Crippen LogP contribution in [0.4, 0.5) is 0 Å². The number of nitrogens with zero attached hydrogens (tertiary/aromatic N) is 2. The SMILES string of the molecule is C=C(N=CC)C(=C=O)N1CCNCC1C(=O)OC.CC. The first-order valence-corrected chi connectivity index (χ1v) is 6.64. The number of methoxy groups -OCH3 is 1. The van der Waals surface area contributed by atoms with E-state index in [1.54, 1.807) is 11.8 Å². The van der Waals surface area contributed by atoms with E-state index in [0.717, 1.165) is 0 Å². The molecule has 20 heavy (non-hydrogen) atoms. The summed E-state index contributed by atoms with van der Waals surface area (Å²) in [5.41, 5.74) is 0.494. The maximum absolute atomic E-state index is 11.7. The van der Waals surface area contributed by atoms with Gasteiger partial charge in [-0.3, -0.25) is 4.99 Å². The van der Waals surface area contributed by atoms with Gasteiger partial charge >= 0.3 is 5.97 Å². The topological polar surface area (TPSA) is 71.0 Å². The van der Waals surface area contributed by atoms with Gasteiger partial charge in [0.25, 0.3) is 0 Å². The van der Waals surface area contributed by atoms with Crippen molar-refractivity contribution in [3.63, 3.8) is 0 Å².